The number of fused-ring (bicyclic) bond motifs is 2. The Balaban J connectivity index is 2.07. The summed E-state index contributed by atoms with van der Waals surface area (Å²) in [5, 5.41) is 0. The smallest absolute Gasteiger partial charge is 0.323 e. The Bertz CT molecular complexity index is 1210. The van der Waals surface area contributed by atoms with Crippen LogP contribution in [0.2, 0.25) is 0 Å². The quantitative estimate of drug-likeness (QED) is 0.486. The molecule has 0 atom stereocenters. The largest absolute Gasteiger partial charge is 0.493 e. The van der Waals surface area contributed by atoms with E-state index in [0.717, 1.165) is 27.8 Å². The first kappa shape index (κ1) is 23.5. The molecular weight excluding hydrogens is 436 g/mol. The number of hydrogen-bond acceptors (Lipinski definition) is 7. The molecule has 178 valence electrons. The third kappa shape index (κ3) is 3.47. The number of ketones is 1. The molecule has 2 aromatic carbocycles. The van der Waals surface area contributed by atoms with Gasteiger partial charge < -0.3 is 18.9 Å². The molecule has 0 saturated heterocycles. The van der Waals surface area contributed by atoms with E-state index in [9.17, 15) is 14.4 Å². The maximum Gasteiger partial charge on any atom is 0.323 e. The zero-order valence-electron chi connectivity index (χ0n) is 20.1. The molecule has 2 aliphatic carbocycles. The van der Waals surface area contributed by atoms with Gasteiger partial charge in [0.1, 0.15) is 0 Å². The van der Waals surface area contributed by atoms with Crippen molar-refractivity contribution in [2.24, 2.45) is 5.41 Å². The van der Waals surface area contributed by atoms with Gasteiger partial charge in [0.05, 0.1) is 28.4 Å². The van der Waals surface area contributed by atoms with Crippen molar-refractivity contribution in [2.45, 2.75) is 32.6 Å². The number of allylic oxidation sites excluding steroid dienone is 1. The fourth-order valence-corrected chi connectivity index (χ4v) is 5.22. The van der Waals surface area contributed by atoms with Crippen molar-refractivity contribution in [3.63, 3.8) is 0 Å². The Morgan fingerprint density at radius 1 is 0.882 bits per heavy atom. The molecule has 7 nitrogen and oxygen atoms in total. The van der Waals surface area contributed by atoms with Crippen molar-refractivity contribution in [3.8, 4) is 22.6 Å². The lowest BCUT2D eigenvalue weighted by molar-refractivity contribution is -0.168. The molecule has 0 fully saturated rings. The lowest BCUT2D eigenvalue weighted by Crippen LogP contribution is -2.42. The highest BCUT2D eigenvalue weighted by molar-refractivity contribution is 6.09. The van der Waals surface area contributed by atoms with Gasteiger partial charge in [-0.15, -0.1) is 0 Å². The van der Waals surface area contributed by atoms with E-state index >= 15 is 0 Å². The number of hydrogen-bond donors (Lipinski definition) is 0. The topological polar surface area (TPSA) is 88.1 Å². The monoisotopic (exact) mass is 464 g/mol. The Morgan fingerprint density at radius 3 is 2.15 bits per heavy atom. The summed E-state index contributed by atoms with van der Waals surface area (Å²) < 4.78 is 21.0. The highest BCUT2D eigenvalue weighted by atomic mass is 16.5. The Morgan fingerprint density at radius 2 is 1.53 bits per heavy atom. The summed E-state index contributed by atoms with van der Waals surface area (Å²) >= 11 is 0. The van der Waals surface area contributed by atoms with Gasteiger partial charge in [-0.25, -0.2) is 0 Å². The molecule has 0 amide bonds. The van der Waals surface area contributed by atoms with Crippen LogP contribution in [-0.4, -0.2) is 46.2 Å². The Kier molecular flexibility index (Phi) is 6.21. The van der Waals surface area contributed by atoms with E-state index in [1.807, 2.05) is 31.2 Å². The van der Waals surface area contributed by atoms with Crippen molar-refractivity contribution in [3.05, 3.63) is 52.1 Å². The van der Waals surface area contributed by atoms with Crippen LogP contribution < -0.4 is 9.47 Å². The number of Topliss-reactive ketones (excluding diaryl/α,β-unsaturated/α-hetero) is 1. The van der Waals surface area contributed by atoms with Gasteiger partial charge in [-0.1, -0.05) is 18.2 Å². The first-order valence-electron chi connectivity index (χ1n) is 11.1. The number of carbonyl (C=O) groups excluding carboxylic acids is 3. The summed E-state index contributed by atoms with van der Waals surface area (Å²) in [7, 11) is 5.64. The molecule has 0 radical (unpaired) electrons. The number of rotatable bonds is 5. The fraction of sp³-hybridized carbons (Fsp3) is 0.370. The van der Waals surface area contributed by atoms with Crippen LogP contribution in [0.4, 0.5) is 0 Å². The third-order valence-corrected chi connectivity index (χ3v) is 6.93. The molecule has 0 N–H and O–H groups in total. The second kappa shape index (κ2) is 8.97. The van der Waals surface area contributed by atoms with E-state index < -0.39 is 17.4 Å². The summed E-state index contributed by atoms with van der Waals surface area (Å²) in [6, 6.07) is 5.47. The minimum absolute atomic E-state index is 0.0179. The molecule has 7 heteroatoms. The van der Waals surface area contributed by atoms with E-state index in [0.29, 0.717) is 35.5 Å². The van der Waals surface area contributed by atoms with Crippen molar-refractivity contribution < 1.29 is 33.3 Å². The third-order valence-electron chi connectivity index (χ3n) is 6.93. The van der Waals surface area contributed by atoms with Crippen molar-refractivity contribution in [1.82, 2.24) is 0 Å². The van der Waals surface area contributed by atoms with Gasteiger partial charge in [0.2, 0.25) is 0 Å². The SMILES string of the molecule is COC(=O)C1(C(=O)OC)Cc2c(C)c3c(c(-c4ccc(OC)c(OC)c4)c2C1)C(=O)CCC=C3. The molecule has 0 saturated carbocycles. The van der Waals surface area contributed by atoms with Gasteiger partial charge >= 0.3 is 11.9 Å². The standard InChI is InChI=1S/C27H28O7/c1-15-17-8-6-7-9-20(28)24(17)23(16-10-11-21(31-2)22(12-16)32-3)19-14-27(13-18(15)19,25(29)33-4)26(30)34-5/h6,8,10-12H,7,9,13-14H2,1-5H3. The average molecular weight is 465 g/mol. The van der Waals surface area contributed by atoms with E-state index in [-0.39, 0.29) is 18.6 Å². The van der Waals surface area contributed by atoms with Crippen LogP contribution in [-0.2, 0) is 31.9 Å². The molecule has 0 aliphatic heterocycles. The second-order valence-corrected chi connectivity index (χ2v) is 8.60. The predicted molar refractivity (Wildman–Crippen MR) is 126 cm³/mol. The van der Waals surface area contributed by atoms with E-state index in [1.54, 1.807) is 20.3 Å². The summed E-state index contributed by atoms with van der Waals surface area (Å²) in [5.74, 6) is -0.199. The first-order valence-corrected chi connectivity index (χ1v) is 11.1. The molecule has 0 spiro atoms. The Hall–Kier alpha value is -3.61. The molecule has 0 heterocycles. The molecule has 34 heavy (non-hydrogen) atoms. The number of esters is 2. The predicted octanol–water partition coefficient (Wildman–Crippen LogP) is 4.10. The highest BCUT2D eigenvalue weighted by Gasteiger charge is 2.54. The summed E-state index contributed by atoms with van der Waals surface area (Å²) in [5.41, 5.74) is 3.90. The fourth-order valence-electron chi connectivity index (χ4n) is 5.22. The highest BCUT2D eigenvalue weighted by Crippen LogP contribution is 2.49. The Labute approximate surface area is 198 Å². The minimum Gasteiger partial charge on any atom is -0.493 e. The number of benzene rings is 2. The molecule has 4 rings (SSSR count). The zero-order chi connectivity index (χ0) is 24.6. The lowest BCUT2D eigenvalue weighted by Gasteiger charge is -2.22. The molecule has 0 unspecified atom stereocenters. The van der Waals surface area contributed by atoms with E-state index in [1.165, 1.54) is 14.2 Å². The van der Waals surface area contributed by atoms with E-state index in [4.69, 9.17) is 18.9 Å². The summed E-state index contributed by atoms with van der Waals surface area (Å²) in [6.07, 6.45) is 5.21. The van der Waals surface area contributed by atoms with Gasteiger partial charge in [0, 0.05) is 24.8 Å². The van der Waals surface area contributed by atoms with Crippen LogP contribution in [0, 0.1) is 12.3 Å². The van der Waals surface area contributed by atoms with Crippen LogP contribution in [0.1, 0.15) is 45.5 Å². The maximum absolute atomic E-state index is 13.4. The normalized spacial score (nSPS) is 15.7. The van der Waals surface area contributed by atoms with Gasteiger partial charge in [-0.05, 0) is 58.9 Å². The lowest BCUT2D eigenvalue weighted by atomic mass is 9.83. The first-order chi connectivity index (χ1) is 16.3. The number of ether oxygens (including phenoxy) is 4. The molecule has 2 aliphatic rings. The average Bonchev–Trinajstić information content (AvgIpc) is 3.17. The summed E-state index contributed by atoms with van der Waals surface area (Å²) in [6.45, 7) is 1.93. The molecule has 0 aromatic heterocycles. The van der Waals surface area contributed by atoms with Crippen LogP contribution >= 0.6 is 0 Å². The van der Waals surface area contributed by atoms with Crippen LogP contribution in [0.3, 0.4) is 0 Å². The van der Waals surface area contributed by atoms with Crippen LogP contribution in [0.15, 0.2) is 24.3 Å². The number of methoxy groups -OCH3 is 4. The minimum atomic E-state index is -1.51. The summed E-state index contributed by atoms with van der Waals surface area (Å²) in [4.78, 5) is 39.3. The number of carbonyl (C=O) groups is 3. The maximum atomic E-state index is 13.4. The van der Waals surface area contributed by atoms with E-state index in [2.05, 4.69) is 0 Å². The van der Waals surface area contributed by atoms with Gasteiger partial charge in [0.25, 0.3) is 0 Å². The van der Waals surface area contributed by atoms with Gasteiger partial charge in [-0.3, -0.25) is 14.4 Å². The molecule has 0 bridgehead atoms. The molecular formula is C27H28O7. The van der Waals surface area contributed by atoms with Gasteiger partial charge in [0.15, 0.2) is 22.7 Å². The molecule has 2 aromatic rings. The van der Waals surface area contributed by atoms with Crippen molar-refractivity contribution >= 4 is 23.8 Å². The van der Waals surface area contributed by atoms with Crippen molar-refractivity contribution in [2.75, 3.05) is 28.4 Å². The van der Waals surface area contributed by atoms with Gasteiger partial charge in [-0.2, -0.15) is 0 Å². The van der Waals surface area contributed by atoms with Crippen LogP contribution in [0.5, 0.6) is 11.5 Å². The van der Waals surface area contributed by atoms with Crippen LogP contribution in [0.25, 0.3) is 17.2 Å². The van der Waals surface area contributed by atoms with Crippen molar-refractivity contribution in [1.29, 1.82) is 0 Å². The zero-order valence-corrected chi connectivity index (χ0v) is 20.1. The second-order valence-electron chi connectivity index (χ2n) is 8.60.